The van der Waals surface area contributed by atoms with E-state index in [1.807, 2.05) is 24.3 Å². The normalized spacial score (nSPS) is 23.6. The number of imidazole rings is 1. The summed E-state index contributed by atoms with van der Waals surface area (Å²) in [6.07, 6.45) is 4.44. The van der Waals surface area contributed by atoms with E-state index in [0.29, 0.717) is 16.8 Å². The number of quaternary nitrogens is 1. The molecule has 2 aliphatic rings. The van der Waals surface area contributed by atoms with Crippen LogP contribution in [-0.4, -0.2) is 145 Å². The molecule has 10 amide bonds. The topological polar surface area (TPSA) is 378 Å². The van der Waals surface area contributed by atoms with Crippen LogP contribution in [0.1, 0.15) is 42.1 Å². The van der Waals surface area contributed by atoms with Crippen molar-refractivity contribution in [3.63, 3.8) is 0 Å². The van der Waals surface area contributed by atoms with Gasteiger partial charge in [0.25, 0.3) is 5.91 Å². The average molecular weight is 1090 g/mol. The van der Waals surface area contributed by atoms with Crippen LogP contribution < -0.4 is 54.4 Å². The summed E-state index contributed by atoms with van der Waals surface area (Å²) in [7, 11) is 2.05. The Hall–Kier alpha value is -8.23. The molecular weight excluding hydrogens is 1030 g/mol. The van der Waals surface area contributed by atoms with E-state index in [1.54, 1.807) is 66.9 Å². The third kappa shape index (κ3) is 15.7. The Morgan fingerprint density at radius 3 is 1.87 bits per heavy atom. The van der Waals surface area contributed by atoms with Crippen molar-refractivity contribution in [2.24, 2.45) is 16.5 Å². The fourth-order valence-electron chi connectivity index (χ4n) is 8.69. The summed E-state index contributed by atoms with van der Waals surface area (Å²) in [5.41, 5.74) is 17.9. The lowest BCUT2D eigenvalue weighted by atomic mass is 10.0. The maximum atomic E-state index is 14.7. The molecule has 2 saturated heterocycles. The molecule has 0 radical (unpaired) electrons. The number of urea groups is 1. The first-order chi connectivity index (χ1) is 37.0. The summed E-state index contributed by atoms with van der Waals surface area (Å²) in [6, 6.07) is 13.5. The predicted octanol–water partition coefficient (Wildman–Crippen LogP) is -1.40. The van der Waals surface area contributed by atoms with Crippen LogP contribution in [0.4, 0.5) is 4.79 Å². The van der Waals surface area contributed by atoms with E-state index in [4.69, 9.17) is 11.5 Å². The SMILES string of the molecule is CC1NC(=O)C(N2C(=O)NC(Cc3ccccc3)C2=O)CSSCC(C([NH3+])=O)NC(=O)C(Cc2c[nH]c3ccccc23)NC(=O)C(CCCN=C(N)N)NC(=O)C(Cc2ccccc2)NC(=O)C(Cc2cnc[nH]2)NC1=O. The fraction of sp³-hybridized carbons (Fsp3) is 0.353. The zero-order chi connectivity index (χ0) is 55.0. The molecule has 24 nitrogen and oxygen atoms in total. The molecule has 3 aromatic carbocycles. The molecular formula is C51H62N15O9S2+. The Kier molecular flexibility index (Phi) is 19.8. The number of amides is 10. The molecule has 0 saturated carbocycles. The minimum atomic E-state index is -1.51. The lowest BCUT2D eigenvalue weighted by Crippen LogP contribution is -2.68. The van der Waals surface area contributed by atoms with Crippen molar-refractivity contribution in [1.82, 2.24) is 57.1 Å². The maximum Gasteiger partial charge on any atom is 0.332 e. The zero-order valence-corrected chi connectivity index (χ0v) is 43.6. The van der Waals surface area contributed by atoms with Gasteiger partial charge < -0.3 is 58.7 Å². The Bertz CT molecular complexity index is 2940. The number of nitrogens with one attached hydrogen (secondary N) is 9. The van der Waals surface area contributed by atoms with E-state index >= 15 is 0 Å². The smallest absolute Gasteiger partial charge is 0.332 e. The van der Waals surface area contributed by atoms with Crippen molar-refractivity contribution >= 4 is 91.7 Å². The number of hydrogen-bond donors (Lipinski definition) is 12. The molecule has 5 aromatic rings. The largest absolute Gasteiger partial charge is 0.370 e. The highest BCUT2D eigenvalue weighted by Gasteiger charge is 2.45. The van der Waals surface area contributed by atoms with Crippen LogP contribution in [0.2, 0.25) is 0 Å². The number of rotatable bonds is 14. The van der Waals surface area contributed by atoms with Crippen molar-refractivity contribution in [3.05, 3.63) is 126 Å². The number of nitrogens with two attached hydrogens (primary N) is 2. The number of aliphatic imine (C=N–C) groups is 1. The number of nitrogens with zero attached hydrogens (tertiary/aromatic N) is 3. The van der Waals surface area contributed by atoms with Gasteiger partial charge in [0.1, 0.15) is 42.3 Å². The van der Waals surface area contributed by atoms with Gasteiger partial charge in [0.2, 0.25) is 35.4 Å². The van der Waals surface area contributed by atoms with E-state index < -0.39 is 102 Å². The maximum absolute atomic E-state index is 14.7. The number of benzene rings is 3. The molecule has 2 aromatic heterocycles. The molecule has 4 heterocycles. The van der Waals surface area contributed by atoms with Crippen molar-refractivity contribution in [1.29, 1.82) is 0 Å². The van der Waals surface area contributed by atoms with Gasteiger partial charge in [-0.3, -0.25) is 44.3 Å². The second kappa shape index (κ2) is 27.0. The molecule has 0 aliphatic carbocycles. The van der Waals surface area contributed by atoms with Crippen molar-refractivity contribution in [2.45, 2.75) is 93.8 Å². The zero-order valence-electron chi connectivity index (χ0n) is 42.0. The number of guanidine groups is 1. The lowest BCUT2D eigenvalue weighted by molar-refractivity contribution is -0.307. The van der Waals surface area contributed by atoms with Crippen LogP contribution in [0.25, 0.3) is 10.9 Å². The molecule has 8 atom stereocenters. The number of aromatic nitrogens is 3. The van der Waals surface area contributed by atoms with Gasteiger partial charge in [-0.25, -0.2) is 19.5 Å². The number of carbonyl (C=O) groups is 9. The van der Waals surface area contributed by atoms with E-state index in [2.05, 4.69) is 62.9 Å². The molecule has 26 heteroatoms. The first-order valence-electron chi connectivity index (χ1n) is 24.8. The first kappa shape index (κ1) is 56.5. The van der Waals surface area contributed by atoms with Crippen LogP contribution in [0, 0.1) is 0 Å². The summed E-state index contributed by atoms with van der Waals surface area (Å²) < 4.78 is 0. The quantitative estimate of drug-likeness (QED) is 0.0200. The van der Waals surface area contributed by atoms with Gasteiger partial charge in [-0.1, -0.05) is 100 Å². The summed E-state index contributed by atoms with van der Waals surface area (Å²) in [4.78, 5) is 143. The van der Waals surface area contributed by atoms with Gasteiger partial charge in [0, 0.05) is 72.7 Å². The van der Waals surface area contributed by atoms with Crippen molar-refractivity contribution in [2.75, 3.05) is 18.1 Å². The van der Waals surface area contributed by atoms with E-state index in [9.17, 15) is 43.2 Å². The molecule has 7 rings (SSSR count). The van der Waals surface area contributed by atoms with E-state index in [1.165, 1.54) is 19.4 Å². The monoisotopic (exact) mass is 1090 g/mol. The average Bonchev–Trinajstić information content (AvgIpc) is 4.15. The molecule has 2 aliphatic heterocycles. The molecule has 2 fully saturated rings. The Morgan fingerprint density at radius 1 is 0.649 bits per heavy atom. The number of carbonyl (C=O) groups excluding carboxylic acids is 9. The third-order valence-electron chi connectivity index (χ3n) is 12.8. The standard InChI is InChI=1S/C51H61N15O9S2/c1-28-43(68)61-38(22-32-24-55-27-58-32)47(72)62-36(19-29-11-4-2-5-12-29)45(70)60-35(17-10-18-56-50(53)54)44(69)63-37(21-31-23-57-34-16-9-8-15-33(31)34)46(71)64-40(42(52)67)25-76-77-26-41(48(73)59-28)66-49(74)39(65-51(66)75)20-30-13-6-3-7-14-30/h2-9,11-16,23-24,27-28,35-41,57H,10,17-22,25-26H2,1H3,(H2,52,67)(H,55,58)(H,59,73)(H,60,70)(H,61,68)(H,62,72)(H,63,69)(H,64,71)(H,65,75)(H4,53,54,56)/p+1. The van der Waals surface area contributed by atoms with Gasteiger partial charge in [-0.15, -0.1) is 0 Å². The highest BCUT2D eigenvalue weighted by molar-refractivity contribution is 8.76. The van der Waals surface area contributed by atoms with Crippen LogP contribution in [-0.2, 0) is 64.0 Å². The predicted molar refractivity (Wildman–Crippen MR) is 288 cm³/mol. The van der Waals surface area contributed by atoms with Crippen molar-refractivity contribution < 1.29 is 48.9 Å². The van der Waals surface area contributed by atoms with E-state index in [0.717, 1.165) is 43.0 Å². The Morgan fingerprint density at radius 2 is 1.22 bits per heavy atom. The number of H-pyrrole nitrogens is 2. The van der Waals surface area contributed by atoms with Crippen LogP contribution in [0.3, 0.4) is 0 Å². The minimum Gasteiger partial charge on any atom is -0.370 e. The van der Waals surface area contributed by atoms with Crippen molar-refractivity contribution in [3.8, 4) is 0 Å². The fourth-order valence-corrected chi connectivity index (χ4v) is 11.1. The summed E-state index contributed by atoms with van der Waals surface area (Å²) >= 11 is 0. The molecule has 16 N–H and O–H groups in total. The molecule has 406 valence electrons. The lowest BCUT2D eigenvalue weighted by Gasteiger charge is -2.27. The van der Waals surface area contributed by atoms with Gasteiger partial charge in [-0.05, 0) is 42.5 Å². The van der Waals surface area contributed by atoms with Crippen LogP contribution in [0.15, 0.2) is 109 Å². The second-order valence-corrected chi connectivity index (χ2v) is 21.0. The molecule has 0 spiro atoms. The number of aromatic amines is 2. The highest BCUT2D eigenvalue weighted by atomic mass is 33.1. The number of fused-ring (bicyclic) bond motifs is 1. The van der Waals surface area contributed by atoms with Crippen LogP contribution in [0.5, 0.6) is 0 Å². The first-order valence-corrected chi connectivity index (χ1v) is 27.2. The number of imide groups is 1. The van der Waals surface area contributed by atoms with Gasteiger partial charge in [-0.2, -0.15) is 0 Å². The van der Waals surface area contributed by atoms with Gasteiger partial charge in [0.05, 0.1) is 6.33 Å². The van der Waals surface area contributed by atoms with Crippen LogP contribution >= 0.6 is 21.6 Å². The number of para-hydroxylation sites is 1. The Balaban J connectivity index is 1.24. The molecule has 8 unspecified atom stereocenters. The summed E-state index contributed by atoms with van der Waals surface area (Å²) in [5, 5.41) is 19.8. The highest BCUT2D eigenvalue weighted by Crippen LogP contribution is 2.27. The third-order valence-corrected chi connectivity index (χ3v) is 15.2. The van der Waals surface area contributed by atoms with Gasteiger partial charge in [0.15, 0.2) is 12.0 Å². The summed E-state index contributed by atoms with van der Waals surface area (Å²) in [6.45, 7) is 1.42. The molecule has 77 heavy (non-hydrogen) atoms. The summed E-state index contributed by atoms with van der Waals surface area (Å²) in [5.74, 6) is -6.87. The Labute approximate surface area is 450 Å². The van der Waals surface area contributed by atoms with Gasteiger partial charge >= 0.3 is 11.9 Å². The molecule has 0 bridgehead atoms. The number of hydrogen-bond acceptors (Lipinski definition) is 13. The van der Waals surface area contributed by atoms with E-state index in [-0.39, 0.29) is 62.5 Å². The minimum absolute atomic E-state index is 0.0445. The second-order valence-electron chi connectivity index (χ2n) is 18.5.